The van der Waals surface area contributed by atoms with Gasteiger partial charge in [0.1, 0.15) is 0 Å². The Bertz CT molecular complexity index is 194. The molecule has 62 valence electrons. The third-order valence-electron chi connectivity index (χ3n) is 1.52. The Morgan fingerprint density at radius 2 is 1.80 bits per heavy atom. The summed E-state index contributed by atoms with van der Waals surface area (Å²) in [6.07, 6.45) is 0.663. The molecule has 0 bridgehead atoms. The molecule has 0 aliphatic heterocycles. The standard InChI is InChI=1S/C6H13FO2S/c1-4-6(2,3)5-10(7,8)9/h4-5H2,1-3H3. The molecule has 0 amide bonds. The van der Waals surface area contributed by atoms with Crippen molar-refractivity contribution < 1.29 is 12.3 Å². The van der Waals surface area contributed by atoms with Crippen molar-refractivity contribution in [3.05, 3.63) is 0 Å². The Morgan fingerprint density at radius 1 is 1.40 bits per heavy atom. The van der Waals surface area contributed by atoms with Gasteiger partial charge in [-0.2, -0.15) is 8.42 Å². The fraction of sp³-hybridized carbons (Fsp3) is 1.00. The molecule has 0 atom stereocenters. The second-order valence-electron chi connectivity index (χ2n) is 3.20. The molecule has 0 N–H and O–H groups in total. The first kappa shape index (κ1) is 9.88. The van der Waals surface area contributed by atoms with Gasteiger partial charge in [-0.15, -0.1) is 3.89 Å². The van der Waals surface area contributed by atoms with Crippen LogP contribution in [-0.4, -0.2) is 14.2 Å². The molecule has 0 aliphatic rings. The average molecular weight is 168 g/mol. The monoisotopic (exact) mass is 168 g/mol. The second kappa shape index (κ2) is 2.86. The zero-order valence-corrected chi connectivity index (χ0v) is 7.33. The van der Waals surface area contributed by atoms with Crippen LogP contribution in [0.1, 0.15) is 27.2 Å². The molecule has 0 aromatic rings. The van der Waals surface area contributed by atoms with E-state index in [2.05, 4.69) is 0 Å². The predicted molar refractivity (Wildman–Crippen MR) is 39.0 cm³/mol. The molecule has 0 aliphatic carbocycles. The van der Waals surface area contributed by atoms with Gasteiger partial charge >= 0.3 is 10.2 Å². The fourth-order valence-electron chi connectivity index (χ4n) is 0.569. The van der Waals surface area contributed by atoms with E-state index < -0.39 is 15.6 Å². The van der Waals surface area contributed by atoms with Crippen LogP contribution in [0.15, 0.2) is 0 Å². The van der Waals surface area contributed by atoms with E-state index in [1.54, 1.807) is 13.8 Å². The summed E-state index contributed by atoms with van der Waals surface area (Å²) in [6.45, 7) is 5.29. The molecule has 0 unspecified atom stereocenters. The molecule has 0 aromatic carbocycles. The first-order chi connectivity index (χ1) is 4.27. The number of rotatable bonds is 3. The number of hydrogen-bond acceptors (Lipinski definition) is 2. The van der Waals surface area contributed by atoms with Gasteiger partial charge in [0, 0.05) is 0 Å². The normalized spacial score (nSPS) is 13.6. The molecule has 0 aromatic heterocycles. The van der Waals surface area contributed by atoms with Crippen molar-refractivity contribution >= 4 is 10.2 Å². The van der Waals surface area contributed by atoms with Crippen molar-refractivity contribution in [2.24, 2.45) is 5.41 Å². The summed E-state index contributed by atoms with van der Waals surface area (Å²) in [5, 5.41) is 0. The highest BCUT2D eigenvalue weighted by Crippen LogP contribution is 2.22. The van der Waals surface area contributed by atoms with Gasteiger partial charge in [0.25, 0.3) is 0 Å². The van der Waals surface area contributed by atoms with Crippen LogP contribution in [0.5, 0.6) is 0 Å². The van der Waals surface area contributed by atoms with E-state index in [0.717, 1.165) is 0 Å². The lowest BCUT2D eigenvalue weighted by molar-refractivity contribution is 0.389. The van der Waals surface area contributed by atoms with Crippen molar-refractivity contribution in [3.63, 3.8) is 0 Å². The zero-order chi connectivity index (χ0) is 8.41. The number of halogens is 1. The smallest absolute Gasteiger partial charge is 0.195 e. The molecule has 0 fully saturated rings. The summed E-state index contributed by atoms with van der Waals surface area (Å²) >= 11 is 0. The summed E-state index contributed by atoms with van der Waals surface area (Å²) in [6, 6.07) is 0. The van der Waals surface area contributed by atoms with E-state index in [1.807, 2.05) is 6.92 Å². The zero-order valence-electron chi connectivity index (χ0n) is 6.52. The van der Waals surface area contributed by atoms with Crippen LogP contribution in [0.2, 0.25) is 0 Å². The molecule has 0 rings (SSSR count). The molecule has 0 radical (unpaired) electrons. The molecule has 2 nitrogen and oxygen atoms in total. The third kappa shape index (κ3) is 4.73. The van der Waals surface area contributed by atoms with Gasteiger partial charge in [0.05, 0.1) is 5.75 Å². The molecule has 4 heteroatoms. The quantitative estimate of drug-likeness (QED) is 0.601. The molecule has 10 heavy (non-hydrogen) atoms. The first-order valence-electron chi connectivity index (χ1n) is 3.19. The summed E-state index contributed by atoms with van der Waals surface area (Å²) in [5.41, 5.74) is -0.437. The van der Waals surface area contributed by atoms with Crippen LogP contribution < -0.4 is 0 Å². The van der Waals surface area contributed by atoms with Gasteiger partial charge in [0.15, 0.2) is 0 Å². The highest BCUT2D eigenvalue weighted by Gasteiger charge is 2.23. The molecule has 0 saturated heterocycles. The fourth-order valence-corrected chi connectivity index (χ4v) is 1.71. The van der Waals surface area contributed by atoms with Crippen molar-refractivity contribution in [1.29, 1.82) is 0 Å². The van der Waals surface area contributed by atoms with Crippen LogP contribution >= 0.6 is 0 Å². The third-order valence-corrected chi connectivity index (χ3v) is 2.65. The van der Waals surface area contributed by atoms with Gasteiger partial charge in [-0.3, -0.25) is 0 Å². The summed E-state index contributed by atoms with van der Waals surface area (Å²) in [7, 11) is -4.29. The summed E-state index contributed by atoms with van der Waals surface area (Å²) in [4.78, 5) is 0. The van der Waals surface area contributed by atoms with E-state index in [4.69, 9.17) is 0 Å². The Balaban J connectivity index is 4.16. The first-order valence-corrected chi connectivity index (χ1v) is 4.74. The van der Waals surface area contributed by atoms with Gasteiger partial charge in [-0.05, 0) is 11.8 Å². The van der Waals surface area contributed by atoms with E-state index in [0.29, 0.717) is 6.42 Å². The van der Waals surface area contributed by atoms with Crippen LogP contribution in [0.25, 0.3) is 0 Å². The molecular formula is C6H13FO2S. The Labute approximate surface area is 61.7 Å². The van der Waals surface area contributed by atoms with Crippen LogP contribution in [0.3, 0.4) is 0 Å². The maximum atomic E-state index is 12.0. The van der Waals surface area contributed by atoms with Gasteiger partial charge in [-0.1, -0.05) is 20.8 Å². The van der Waals surface area contributed by atoms with E-state index in [9.17, 15) is 12.3 Å². The van der Waals surface area contributed by atoms with Crippen LogP contribution in [-0.2, 0) is 10.2 Å². The lowest BCUT2D eigenvalue weighted by Gasteiger charge is -2.18. The maximum absolute atomic E-state index is 12.0. The van der Waals surface area contributed by atoms with Crippen LogP contribution in [0.4, 0.5) is 3.89 Å². The van der Waals surface area contributed by atoms with E-state index in [-0.39, 0.29) is 5.75 Å². The van der Waals surface area contributed by atoms with Gasteiger partial charge < -0.3 is 0 Å². The summed E-state index contributed by atoms with van der Waals surface area (Å²) in [5.74, 6) is -0.378. The molecule has 0 spiro atoms. The van der Waals surface area contributed by atoms with Gasteiger partial charge in [0.2, 0.25) is 0 Å². The largest absolute Gasteiger partial charge is 0.302 e. The van der Waals surface area contributed by atoms with Crippen molar-refractivity contribution in [3.8, 4) is 0 Å². The van der Waals surface area contributed by atoms with Crippen molar-refractivity contribution in [2.45, 2.75) is 27.2 Å². The van der Waals surface area contributed by atoms with Crippen molar-refractivity contribution in [2.75, 3.05) is 5.75 Å². The molecule has 0 heterocycles. The highest BCUT2D eigenvalue weighted by molar-refractivity contribution is 7.86. The number of hydrogen-bond donors (Lipinski definition) is 0. The Kier molecular flexibility index (Phi) is 2.83. The highest BCUT2D eigenvalue weighted by atomic mass is 32.3. The lowest BCUT2D eigenvalue weighted by atomic mass is 9.93. The van der Waals surface area contributed by atoms with E-state index >= 15 is 0 Å². The second-order valence-corrected chi connectivity index (χ2v) is 4.57. The SMILES string of the molecule is CCC(C)(C)CS(=O)(=O)F. The van der Waals surface area contributed by atoms with Crippen molar-refractivity contribution in [1.82, 2.24) is 0 Å². The van der Waals surface area contributed by atoms with Gasteiger partial charge in [-0.25, -0.2) is 0 Å². The predicted octanol–water partition coefficient (Wildman–Crippen LogP) is 1.72. The topological polar surface area (TPSA) is 34.1 Å². The Hall–Kier alpha value is -0.120. The van der Waals surface area contributed by atoms with E-state index in [1.165, 1.54) is 0 Å². The van der Waals surface area contributed by atoms with Crippen LogP contribution in [0, 0.1) is 5.41 Å². The maximum Gasteiger partial charge on any atom is 0.302 e. The minimum absolute atomic E-state index is 0.378. The molecule has 0 saturated carbocycles. The minimum atomic E-state index is -4.29. The average Bonchev–Trinajstić information content (AvgIpc) is 1.60. The Morgan fingerprint density at radius 3 is 1.90 bits per heavy atom. The summed E-state index contributed by atoms with van der Waals surface area (Å²) < 4.78 is 32.3. The molecular weight excluding hydrogens is 155 g/mol. The lowest BCUT2D eigenvalue weighted by Crippen LogP contribution is -2.20. The minimum Gasteiger partial charge on any atom is -0.195 e.